The number of esters is 1. The summed E-state index contributed by atoms with van der Waals surface area (Å²) in [6, 6.07) is 75.0. The van der Waals surface area contributed by atoms with E-state index in [1.165, 1.54) is 30.4 Å². The molecule has 1 aromatic heterocycles. The number of benzene rings is 11. The number of carbonyl (C=O) groups excluding carboxylic acids is 7. The zero-order chi connectivity index (χ0) is 74.0. The SMILES string of the molecule is CC(=O)OCCN(CCC#N)c1ccc(N=Nc2c(Cl)cc([N+](=O)[O-])cc2Cl)cc1.O=C1c2cccc(Sc3ccccc3)c2C(=O)c2c(Sc3ccccc3)cccc21.O=C1c2ccccc2C(=O)c2c(Nc3nc(Nc4cccc5c4C(=O)c4ccccc4C5=O)nc(-c4ccccc4)n3)cccc21. The van der Waals surface area contributed by atoms with Crippen molar-refractivity contribution in [3.8, 4) is 17.5 Å². The van der Waals surface area contributed by atoms with Crippen molar-refractivity contribution in [2.75, 3.05) is 35.2 Å². The number of nitro benzene ring substituents is 1. The molecule has 0 atom stereocenters. The summed E-state index contributed by atoms with van der Waals surface area (Å²) in [4.78, 5) is 121. The van der Waals surface area contributed by atoms with Crippen LogP contribution >= 0.6 is 46.7 Å². The molecular weight excluding hydrogens is 1420 g/mol. The van der Waals surface area contributed by atoms with E-state index in [9.17, 15) is 43.7 Å². The molecule has 20 nitrogen and oxygen atoms in total. The van der Waals surface area contributed by atoms with E-state index in [1.54, 1.807) is 121 Å². The lowest BCUT2D eigenvalue weighted by atomic mass is 9.83. The third kappa shape index (κ3) is 15.5. The van der Waals surface area contributed by atoms with Gasteiger partial charge in [0.2, 0.25) is 11.9 Å². The van der Waals surface area contributed by atoms with Crippen molar-refractivity contribution in [3.05, 3.63) is 336 Å². The number of aromatic nitrogens is 3. The molecule has 0 radical (unpaired) electrons. The van der Waals surface area contributed by atoms with Crippen molar-refractivity contribution in [1.82, 2.24) is 15.0 Å². The van der Waals surface area contributed by atoms with Gasteiger partial charge in [0.1, 0.15) is 12.3 Å². The van der Waals surface area contributed by atoms with Gasteiger partial charge in [-0.25, -0.2) is 0 Å². The van der Waals surface area contributed by atoms with Crippen LogP contribution in [0.5, 0.6) is 0 Å². The average molecular weight is 1470 g/mol. The van der Waals surface area contributed by atoms with Crippen LogP contribution in [-0.2, 0) is 9.53 Å². The van der Waals surface area contributed by atoms with Gasteiger partial charge < -0.3 is 20.3 Å². The first-order valence-corrected chi connectivity index (χ1v) is 35.1. The highest BCUT2D eigenvalue weighted by Gasteiger charge is 2.36. The number of nitro groups is 1. The van der Waals surface area contributed by atoms with Gasteiger partial charge in [0, 0.05) is 112 Å². The molecule has 24 heteroatoms. The Morgan fingerprint density at radius 2 is 0.915 bits per heavy atom. The fourth-order valence-corrected chi connectivity index (χ4v) is 14.5. The molecule has 0 saturated carbocycles. The summed E-state index contributed by atoms with van der Waals surface area (Å²) >= 11 is 15.1. The van der Waals surface area contributed by atoms with E-state index in [1.807, 2.05) is 120 Å². The number of azo groups is 1. The highest BCUT2D eigenvalue weighted by atomic mass is 35.5. The van der Waals surface area contributed by atoms with Crippen LogP contribution in [0.3, 0.4) is 0 Å². The number of hydrogen-bond donors (Lipinski definition) is 2. The quantitative estimate of drug-likeness (QED) is 0.0349. The van der Waals surface area contributed by atoms with Crippen molar-refractivity contribution in [2.45, 2.75) is 32.9 Å². The lowest BCUT2D eigenvalue weighted by Gasteiger charge is -2.23. The minimum atomic E-state index is -0.600. The summed E-state index contributed by atoms with van der Waals surface area (Å²) in [6.07, 6.45) is 0.318. The molecular formula is C82H54Cl2N10O10S2. The zero-order valence-electron chi connectivity index (χ0n) is 55.7. The second-order valence-electron chi connectivity index (χ2n) is 23.6. The van der Waals surface area contributed by atoms with Gasteiger partial charge in [0.15, 0.2) is 40.5 Å². The van der Waals surface area contributed by atoms with Gasteiger partial charge >= 0.3 is 5.97 Å². The third-order valence-electron chi connectivity index (χ3n) is 16.9. The molecule has 0 amide bonds. The molecule has 0 fully saturated rings. The summed E-state index contributed by atoms with van der Waals surface area (Å²) in [5.41, 5.74) is 6.98. The topological polar surface area (TPSA) is 286 Å². The first-order valence-electron chi connectivity index (χ1n) is 32.7. The number of fused-ring (bicyclic) bond motifs is 6. The number of ketones is 6. The fourth-order valence-electron chi connectivity index (χ4n) is 12.0. The second kappa shape index (κ2) is 32.2. The van der Waals surface area contributed by atoms with Crippen molar-refractivity contribution < 1.29 is 43.2 Å². The van der Waals surface area contributed by atoms with E-state index in [4.69, 9.17) is 33.2 Å². The molecule has 0 unspecified atom stereocenters. The van der Waals surface area contributed by atoms with E-state index in [-0.39, 0.29) is 103 Å². The predicted octanol–water partition coefficient (Wildman–Crippen LogP) is 18.9. The smallest absolute Gasteiger partial charge is 0.302 e. The van der Waals surface area contributed by atoms with Crippen LogP contribution in [0.2, 0.25) is 10.0 Å². The molecule has 1 heterocycles. The van der Waals surface area contributed by atoms with Gasteiger partial charge in [-0.15, -0.1) is 5.11 Å². The molecule has 3 aliphatic carbocycles. The monoisotopic (exact) mass is 1470 g/mol. The normalized spacial score (nSPS) is 12.1. The molecule has 0 saturated heterocycles. The highest BCUT2D eigenvalue weighted by Crippen LogP contribution is 2.43. The van der Waals surface area contributed by atoms with Crippen LogP contribution in [0.15, 0.2) is 279 Å². The number of halogens is 2. The van der Waals surface area contributed by atoms with Gasteiger partial charge in [-0.1, -0.05) is 211 Å². The fraction of sp³-hybridized carbons (Fsp3) is 0.0610. The average Bonchev–Trinajstić information content (AvgIpc) is 0.758. The summed E-state index contributed by atoms with van der Waals surface area (Å²) in [5, 5.41) is 34.1. The second-order valence-corrected chi connectivity index (χ2v) is 26.6. The van der Waals surface area contributed by atoms with Crippen LogP contribution in [0, 0.1) is 21.4 Å². The number of carbonyl (C=O) groups is 7. The highest BCUT2D eigenvalue weighted by molar-refractivity contribution is 7.99. The number of ether oxygens (including phenoxy) is 1. The summed E-state index contributed by atoms with van der Waals surface area (Å²) in [7, 11) is 0. The molecule has 11 aromatic carbocycles. The van der Waals surface area contributed by atoms with E-state index >= 15 is 0 Å². The lowest BCUT2D eigenvalue weighted by Crippen LogP contribution is -2.28. The molecule has 15 rings (SSSR count). The maximum absolute atomic E-state index is 13.7. The van der Waals surface area contributed by atoms with Crippen molar-refractivity contribution in [3.63, 3.8) is 0 Å². The molecule has 2 N–H and O–H groups in total. The maximum Gasteiger partial charge on any atom is 0.302 e. The molecule has 106 heavy (non-hydrogen) atoms. The van der Waals surface area contributed by atoms with Gasteiger partial charge in [0.05, 0.1) is 62.2 Å². The number of rotatable bonds is 18. The molecule has 0 bridgehead atoms. The van der Waals surface area contributed by atoms with E-state index in [2.05, 4.69) is 41.9 Å². The maximum atomic E-state index is 13.7. The van der Waals surface area contributed by atoms with Crippen molar-refractivity contribution in [2.24, 2.45) is 10.2 Å². The first kappa shape index (κ1) is 71.5. The predicted molar refractivity (Wildman–Crippen MR) is 405 cm³/mol. The Labute approximate surface area is 624 Å². The summed E-state index contributed by atoms with van der Waals surface area (Å²) < 4.78 is 4.97. The molecule has 3 aliphatic rings. The van der Waals surface area contributed by atoms with E-state index < -0.39 is 4.92 Å². The number of nitrogens with zero attached hydrogens (tertiary/aromatic N) is 8. The van der Waals surface area contributed by atoms with Gasteiger partial charge in [-0.05, 0) is 72.8 Å². The minimum Gasteiger partial charge on any atom is -0.464 e. The Kier molecular flexibility index (Phi) is 21.7. The Morgan fingerprint density at radius 1 is 0.500 bits per heavy atom. The largest absolute Gasteiger partial charge is 0.464 e. The number of anilines is 5. The van der Waals surface area contributed by atoms with Gasteiger partial charge in [-0.3, -0.25) is 43.7 Å². The Bertz CT molecular complexity index is 5350. The first-order chi connectivity index (χ1) is 51.5. The van der Waals surface area contributed by atoms with Crippen LogP contribution < -0.4 is 15.5 Å². The van der Waals surface area contributed by atoms with Crippen LogP contribution in [0.25, 0.3) is 11.4 Å². The zero-order valence-corrected chi connectivity index (χ0v) is 58.9. The number of nitriles is 1. The Balaban J connectivity index is 0.000000147. The Morgan fingerprint density at radius 3 is 1.37 bits per heavy atom. The molecule has 0 aliphatic heterocycles. The van der Waals surface area contributed by atoms with Crippen molar-refractivity contribution >= 4 is 133 Å². The minimum absolute atomic E-state index is 0.0164. The van der Waals surface area contributed by atoms with Crippen LogP contribution in [0.4, 0.5) is 46.0 Å². The van der Waals surface area contributed by atoms with Crippen LogP contribution in [-0.4, -0.2) is 80.2 Å². The van der Waals surface area contributed by atoms with Crippen LogP contribution in [0.1, 0.15) is 109 Å². The standard InChI is InChI=1S/C37H21N5O4.C26H16O2S2.C19H17Cl2N5O4/c43-31-21-12-4-6-14-23(21)33(45)29-25(31)16-8-18-27(29)38-36-40-35(20-10-2-1-3-11-20)41-37(42-36)39-28-19-9-17-26-30(28)34(46)24-15-7-5-13-22(24)32(26)44;27-25-19-13-7-15-21(29-17-9-3-1-4-10-17)23(19)26(28)24-20(25)14-8-16-22(24)30-18-11-5-2-6-12-18;1-13(27)30-10-9-25(8-2-7-22)15-5-3-14(4-6-15)23-24-19-17(20)11-16(26(28)29)12-18(19)21/h1-19H,(H2,38,39,40,41,42);1-16H;3-6,11-12H,2,8-10H2,1H3. The lowest BCUT2D eigenvalue weighted by molar-refractivity contribution is -0.384. The van der Waals surface area contributed by atoms with E-state index in [0.29, 0.717) is 92.5 Å². The van der Waals surface area contributed by atoms with Gasteiger partial charge in [0.25, 0.3) is 5.69 Å². The molecule has 12 aromatic rings. The number of non-ortho nitro benzene ring substituents is 1. The van der Waals surface area contributed by atoms with Crippen molar-refractivity contribution in [1.29, 1.82) is 5.26 Å². The summed E-state index contributed by atoms with van der Waals surface area (Å²) in [6.45, 7) is 2.46. The number of nitrogens with one attached hydrogen (secondary N) is 2. The Hall–Kier alpha value is -12.9. The number of hydrogen-bond acceptors (Lipinski definition) is 21. The third-order valence-corrected chi connectivity index (χ3v) is 19.6. The molecule has 0 spiro atoms. The summed E-state index contributed by atoms with van der Waals surface area (Å²) in [5.74, 6) is -1.10. The van der Waals surface area contributed by atoms with E-state index in [0.717, 1.165) is 37.4 Å². The van der Waals surface area contributed by atoms with Gasteiger partial charge in [-0.2, -0.15) is 25.3 Å². The molecule has 518 valence electrons.